The summed E-state index contributed by atoms with van der Waals surface area (Å²) in [5.74, 6) is 0.599. The largest absolute Gasteiger partial charge is 0.415 e. The molecule has 8 heteroatoms. The summed E-state index contributed by atoms with van der Waals surface area (Å²) in [6.45, 7) is 17.8. The third-order valence-corrected chi connectivity index (χ3v) is 16.4. The number of thiazole rings is 1. The van der Waals surface area contributed by atoms with Gasteiger partial charge in [0.25, 0.3) is 0 Å². The van der Waals surface area contributed by atoms with Crippen LogP contribution in [0.15, 0.2) is 64.8 Å². The van der Waals surface area contributed by atoms with Gasteiger partial charge in [-0.3, -0.25) is 0 Å². The summed E-state index contributed by atoms with van der Waals surface area (Å²) in [5, 5.41) is 9.81. The zero-order valence-corrected chi connectivity index (χ0v) is 31.9. The number of aromatic nitrogens is 1. The van der Waals surface area contributed by atoms with Crippen LogP contribution in [0.5, 0.6) is 0 Å². The van der Waals surface area contributed by atoms with E-state index in [9.17, 15) is 0 Å². The first-order valence-corrected chi connectivity index (χ1v) is 21.6. The number of thiophene rings is 1. The number of rotatable bonds is 18. The molecule has 2 heterocycles. The van der Waals surface area contributed by atoms with Gasteiger partial charge in [-0.25, -0.2) is 4.98 Å². The lowest BCUT2D eigenvalue weighted by molar-refractivity contribution is 0.273. The standard InChI is InChI=1S/C38H54N4OS2Si/c1-9-10-11-12-13-14-15-30-16-18-31(19-17-30)20-25-34-28-35-36(44-34)39-37(45-35)41-40-32-21-23-33(24-22-32)42(6)26-27-43-46(7,8)38(4,5)29(2)3/h16-25,28-29H,9-15,26-27H2,1-8H3/b25-20+,41-40?. The van der Waals surface area contributed by atoms with Crippen LogP contribution < -0.4 is 4.90 Å². The predicted molar refractivity (Wildman–Crippen MR) is 206 cm³/mol. The monoisotopic (exact) mass is 674 g/mol. The van der Waals surface area contributed by atoms with E-state index >= 15 is 0 Å². The van der Waals surface area contributed by atoms with Crippen LogP contribution >= 0.6 is 22.7 Å². The average Bonchev–Trinajstić information content (AvgIpc) is 3.60. The third kappa shape index (κ3) is 10.2. The fraction of sp³-hybridized carbons (Fsp3) is 0.500. The van der Waals surface area contributed by atoms with Crippen LogP contribution in [0.3, 0.4) is 0 Å². The van der Waals surface area contributed by atoms with Crippen LogP contribution in [0.4, 0.5) is 16.5 Å². The quantitative estimate of drug-likeness (QED) is 0.0599. The number of azo groups is 1. The predicted octanol–water partition coefficient (Wildman–Crippen LogP) is 12.9. The number of anilines is 1. The van der Waals surface area contributed by atoms with Crippen molar-refractivity contribution in [3.63, 3.8) is 0 Å². The number of hydrogen-bond donors (Lipinski definition) is 0. The molecule has 0 saturated heterocycles. The molecular formula is C38H54N4OS2Si. The smallest absolute Gasteiger partial charge is 0.231 e. The van der Waals surface area contributed by atoms with Crippen LogP contribution in [-0.2, 0) is 10.8 Å². The average molecular weight is 675 g/mol. The molecule has 0 radical (unpaired) electrons. The van der Waals surface area contributed by atoms with Gasteiger partial charge in [-0.2, -0.15) is 0 Å². The summed E-state index contributed by atoms with van der Waals surface area (Å²) in [6, 6.07) is 19.4. The molecule has 5 nitrogen and oxygen atoms in total. The van der Waals surface area contributed by atoms with E-state index in [1.54, 1.807) is 22.7 Å². The van der Waals surface area contributed by atoms with Crippen molar-refractivity contribution in [2.75, 3.05) is 25.1 Å². The van der Waals surface area contributed by atoms with E-state index in [0.29, 0.717) is 11.0 Å². The van der Waals surface area contributed by atoms with E-state index in [1.165, 1.54) is 60.9 Å². The highest BCUT2D eigenvalue weighted by molar-refractivity contribution is 7.29. The maximum Gasteiger partial charge on any atom is 0.231 e. The number of benzene rings is 2. The highest BCUT2D eigenvalue weighted by Gasteiger charge is 2.43. The summed E-state index contributed by atoms with van der Waals surface area (Å²) in [7, 11) is 0.299. The van der Waals surface area contributed by atoms with Crippen molar-refractivity contribution in [1.82, 2.24) is 4.98 Å². The molecule has 4 rings (SSSR count). The molecule has 2 aromatic carbocycles. The molecule has 46 heavy (non-hydrogen) atoms. The van der Waals surface area contributed by atoms with Crippen LogP contribution in [0.25, 0.3) is 21.7 Å². The van der Waals surface area contributed by atoms with Gasteiger partial charge >= 0.3 is 0 Å². The fourth-order valence-corrected chi connectivity index (χ4v) is 9.58. The van der Waals surface area contributed by atoms with E-state index in [4.69, 9.17) is 9.41 Å². The Morgan fingerprint density at radius 1 is 0.913 bits per heavy atom. The molecule has 0 fully saturated rings. The van der Waals surface area contributed by atoms with Gasteiger partial charge < -0.3 is 9.33 Å². The summed E-state index contributed by atoms with van der Waals surface area (Å²) in [4.78, 5) is 9.17. The summed E-state index contributed by atoms with van der Waals surface area (Å²) in [5.41, 5.74) is 4.63. The SMILES string of the molecule is CCCCCCCCc1ccc(/C=C/c2cc3sc(N=Nc4ccc(N(C)CCO[Si](C)(C)C(C)(C)C(C)C)cc4)nc3s2)cc1. The fourth-order valence-electron chi connectivity index (χ4n) is 5.27. The molecule has 248 valence electrons. The van der Waals surface area contributed by atoms with Gasteiger partial charge in [-0.15, -0.1) is 21.6 Å². The Morgan fingerprint density at radius 3 is 2.28 bits per heavy atom. The maximum absolute atomic E-state index is 6.50. The lowest BCUT2D eigenvalue weighted by atomic mass is 9.99. The minimum absolute atomic E-state index is 0.226. The molecule has 0 aliphatic carbocycles. The van der Waals surface area contributed by atoms with Gasteiger partial charge in [0, 0.05) is 24.2 Å². The molecule has 2 aromatic heterocycles. The van der Waals surface area contributed by atoms with Gasteiger partial charge in [0.05, 0.1) is 17.0 Å². The number of nitrogens with zero attached hydrogens (tertiary/aromatic N) is 4. The van der Waals surface area contributed by atoms with Crippen molar-refractivity contribution in [2.45, 2.75) is 97.7 Å². The topological polar surface area (TPSA) is 50.1 Å². The molecule has 0 aliphatic heterocycles. The van der Waals surface area contributed by atoms with Crippen LogP contribution in [-0.4, -0.2) is 33.5 Å². The molecule has 0 spiro atoms. The number of unbranched alkanes of at least 4 members (excludes halogenated alkanes) is 5. The highest BCUT2D eigenvalue weighted by Crippen LogP contribution is 2.44. The van der Waals surface area contributed by atoms with Crippen molar-refractivity contribution in [3.05, 3.63) is 70.6 Å². The first kappa shape index (κ1) is 36.2. The highest BCUT2D eigenvalue weighted by atomic mass is 32.1. The number of hydrogen-bond acceptors (Lipinski definition) is 7. The lowest BCUT2D eigenvalue weighted by Gasteiger charge is -2.42. The van der Waals surface area contributed by atoms with Crippen molar-refractivity contribution in [2.24, 2.45) is 16.1 Å². The summed E-state index contributed by atoms with van der Waals surface area (Å²) < 4.78 is 7.65. The number of fused-ring (bicyclic) bond motifs is 1. The van der Waals surface area contributed by atoms with Crippen molar-refractivity contribution < 1.29 is 4.43 Å². The van der Waals surface area contributed by atoms with Gasteiger partial charge in [0.1, 0.15) is 4.83 Å². The van der Waals surface area contributed by atoms with Gasteiger partial charge in [0.2, 0.25) is 5.13 Å². The Labute approximate surface area is 287 Å². The molecule has 0 amide bonds. The van der Waals surface area contributed by atoms with Crippen LogP contribution in [0.2, 0.25) is 18.1 Å². The molecule has 0 unspecified atom stereocenters. The minimum atomic E-state index is -1.81. The van der Waals surface area contributed by atoms with Gasteiger partial charge in [0.15, 0.2) is 8.32 Å². The Bertz CT molecular complexity index is 1520. The molecule has 0 atom stereocenters. The molecule has 4 aromatic rings. The summed E-state index contributed by atoms with van der Waals surface area (Å²) >= 11 is 3.28. The number of likely N-dealkylation sites (N-methyl/N-ethyl adjacent to an activating group) is 1. The first-order chi connectivity index (χ1) is 22.0. The first-order valence-electron chi connectivity index (χ1n) is 17.0. The Balaban J connectivity index is 1.24. The molecule has 0 bridgehead atoms. The molecule has 0 N–H and O–H groups in total. The zero-order valence-electron chi connectivity index (χ0n) is 29.3. The van der Waals surface area contributed by atoms with Crippen molar-refractivity contribution in [3.8, 4) is 0 Å². The second-order valence-electron chi connectivity index (χ2n) is 13.8. The van der Waals surface area contributed by atoms with E-state index in [2.05, 4.69) is 125 Å². The second-order valence-corrected chi connectivity index (χ2v) is 20.4. The molecule has 0 aliphatic rings. The van der Waals surface area contributed by atoms with Gasteiger partial charge in [-0.05, 0) is 84.4 Å². The van der Waals surface area contributed by atoms with E-state index in [0.717, 1.165) is 34.1 Å². The molecule has 0 saturated carbocycles. The van der Waals surface area contributed by atoms with Crippen molar-refractivity contribution >= 4 is 69.2 Å². The van der Waals surface area contributed by atoms with E-state index < -0.39 is 8.32 Å². The Morgan fingerprint density at radius 2 is 1.61 bits per heavy atom. The minimum Gasteiger partial charge on any atom is -0.415 e. The third-order valence-electron chi connectivity index (χ3n) is 9.76. The van der Waals surface area contributed by atoms with Crippen LogP contribution in [0.1, 0.15) is 89.1 Å². The maximum atomic E-state index is 6.50. The van der Waals surface area contributed by atoms with Crippen LogP contribution in [0, 0.1) is 5.92 Å². The van der Waals surface area contributed by atoms with E-state index in [-0.39, 0.29) is 5.04 Å². The molecular weight excluding hydrogens is 621 g/mol. The normalized spacial score (nSPS) is 12.8. The lowest BCUT2D eigenvalue weighted by Crippen LogP contribution is -2.46. The van der Waals surface area contributed by atoms with Gasteiger partial charge in [-0.1, -0.05) is 108 Å². The van der Waals surface area contributed by atoms with E-state index in [1.807, 2.05) is 12.1 Å². The zero-order chi connectivity index (χ0) is 33.2. The Kier molecular flexibility index (Phi) is 13.3. The Hall–Kier alpha value is -2.65. The van der Waals surface area contributed by atoms with Crippen molar-refractivity contribution in [1.29, 1.82) is 0 Å². The number of aryl methyl sites for hydroxylation is 1. The second kappa shape index (κ2) is 17.0. The summed E-state index contributed by atoms with van der Waals surface area (Å²) in [6.07, 6.45) is 13.6.